The lowest BCUT2D eigenvalue weighted by atomic mass is 9.94. The lowest BCUT2D eigenvalue weighted by Crippen LogP contribution is -2.31. The number of carbonyl (C=O) groups excluding carboxylic acids is 1. The molecule has 9 nitrogen and oxygen atoms in total. The van der Waals surface area contributed by atoms with Crippen molar-refractivity contribution in [3.8, 4) is 11.5 Å². The Hall–Kier alpha value is -4.08. The molecule has 1 aliphatic rings. The van der Waals surface area contributed by atoms with Crippen molar-refractivity contribution in [2.45, 2.75) is 33.4 Å². The second-order valence-corrected chi connectivity index (χ2v) is 10.1. The van der Waals surface area contributed by atoms with E-state index < -0.39 is 6.04 Å². The molecule has 0 fully saturated rings. The van der Waals surface area contributed by atoms with Gasteiger partial charge in [-0.2, -0.15) is 4.68 Å². The molecule has 0 radical (unpaired) electrons. The summed E-state index contributed by atoms with van der Waals surface area (Å²) >= 11 is 12.3. The van der Waals surface area contributed by atoms with E-state index in [-0.39, 0.29) is 12.5 Å². The topological polar surface area (TPSA) is 103 Å². The van der Waals surface area contributed by atoms with Crippen LogP contribution in [0.4, 0.5) is 11.6 Å². The first-order valence-electron chi connectivity index (χ1n) is 12.1. The molecule has 1 aliphatic heterocycles. The second-order valence-electron chi connectivity index (χ2n) is 9.22. The van der Waals surface area contributed by atoms with Crippen molar-refractivity contribution in [2.75, 3.05) is 17.7 Å². The first kappa shape index (κ1) is 26.5. The van der Waals surface area contributed by atoms with Crippen molar-refractivity contribution in [2.24, 2.45) is 0 Å². The number of aryl methyl sites for hydroxylation is 2. The van der Waals surface area contributed by atoms with Gasteiger partial charge in [-0.3, -0.25) is 4.79 Å². The lowest BCUT2D eigenvalue weighted by molar-refractivity contribution is -0.113. The number of tetrazole rings is 1. The Bertz CT molecular complexity index is 1600. The van der Waals surface area contributed by atoms with Gasteiger partial charge >= 0.3 is 0 Å². The molecular weight excluding hydrogens is 539 g/mol. The number of hydrogen-bond acceptors (Lipinski definition) is 7. The Kier molecular flexibility index (Phi) is 7.45. The third-order valence-corrected chi connectivity index (χ3v) is 7.08. The predicted octanol–water partition coefficient (Wildman–Crippen LogP) is 6.11. The summed E-state index contributed by atoms with van der Waals surface area (Å²) in [5, 5.41) is 19.3. The van der Waals surface area contributed by atoms with Crippen LogP contribution in [-0.2, 0) is 11.4 Å². The number of allylic oxidation sites excluding steroid dienone is 1. The van der Waals surface area contributed by atoms with E-state index in [4.69, 9.17) is 32.7 Å². The molecule has 0 saturated carbocycles. The summed E-state index contributed by atoms with van der Waals surface area (Å²) < 4.78 is 13.3. The van der Waals surface area contributed by atoms with Gasteiger partial charge in [-0.05, 0) is 72.7 Å². The maximum absolute atomic E-state index is 13.7. The quantitative estimate of drug-likeness (QED) is 0.279. The van der Waals surface area contributed by atoms with Gasteiger partial charge in [0.1, 0.15) is 12.6 Å². The Morgan fingerprint density at radius 2 is 1.87 bits per heavy atom. The number of aromatic nitrogens is 4. The number of nitrogens with zero attached hydrogens (tertiary/aromatic N) is 4. The highest BCUT2D eigenvalue weighted by molar-refractivity contribution is 6.35. The van der Waals surface area contributed by atoms with Gasteiger partial charge in [-0.1, -0.05) is 58.1 Å². The minimum absolute atomic E-state index is 0.221. The molecule has 0 saturated heterocycles. The van der Waals surface area contributed by atoms with Crippen molar-refractivity contribution in [3.05, 3.63) is 98.2 Å². The van der Waals surface area contributed by atoms with Crippen molar-refractivity contribution in [1.82, 2.24) is 20.2 Å². The van der Waals surface area contributed by atoms with E-state index in [1.54, 1.807) is 30.0 Å². The van der Waals surface area contributed by atoms with Gasteiger partial charge in [0.2, 0.25) is 5.95 Å². The van der Waals surface area contributed by atoms with E-state index in [1.807, 2.05) is 57.2 Å². The number of carbonyl (C=O) groups is 1. The van der Waals surface area contributed by atoms with Crippen molar-refractivity contribution >= 4 is 40.7 Å². The van der Waals surface area contributed by atoms with Gasteiger partial charge in [0.15, 0.2) is 11.5 Å². The van der Waals surface area contributed by atoms with E-state index in [9.17, 15) is 4.79 Å². The Labute approximate surface area is 235 Å². The van der Waals surface area contributed by atoms with Crippen LogP contribution in [0, 0.1) is 13.8 Å². The molecule has 1 amide bonds. The molecule has 4 aromatic rings. The number of methoxy groups -OCH3 is 1. The standard InChI is InChI=1S/C28H26Cl2N6O3/c1-15-5-9-22(16(2)11-15)32-27(37)25-17(3)31-28-33-34-35-36(28)26(25)18-7-10-23(24(12-18)38-4)39-14-19-6-8-20(29)13-21(19)30/h5-13,26H,14H2,1-4H3,(H,32,37)(H,31,33,35). The summed E-state index contributed by atoms with van der Waals surface area (Å²) in [7, 11) is 1.56. The van der Waals surface area contributed by atoms with Gasteiger partial charge in [0, 0.05) is 27.0 Å². The minimum Gasteiger partial charge on any atom is -0.493 e. The van der Waals surface area contributed by atoms with Crippen LogP contribution >= 0.6 is 23.2 Å². The third-order valence-electron chi connectivity index (χ3n) is 6.49. The summed E-state index contributed by atoms with van der Waals surface area (Å²) in [6.07, 6.45) is 0. The van der Waals surface area contributed by atoms with Crippen molar-refractivity contribution < 1.29 is 14.3 Å². The zero-order chi connectivity index (χ0) is 27.7. The highest BCUT2D eigenvalue weighted by atomic mass is 35.5. The smallest absolute Gasteiger partial charge is 0.255 e. The molecule has 11 heteroatoms. The van der Waals surface area contributed by atoms with Gasteiger partial charge < -0.3 is 20.1 Å². The first-order chi connectivity index (χ1) is 18.7. The van der Waals surface area contributed by atoms with Crippen molar-refractivity contribution in [1.29, 1.82) is 0 Å². The normalized spacial score (nSPS) is 14.5. The van der Waals surface area contributed by atoms with Crippen LogP contribution in [0.25, 0.3) is 0 Å². The van der Waals surface area contributed by atoms with Crippen LogP contribution in [0.1, 0.15) is 35.2 Å². The molecule has 3 aromatic carbocycles. The molecule has 1 unspecified atom stereocenters. The number of rotatable bonds is 7. The molecule has 0 bridgehead atoms. The van der Waals surface area contributed by atoms with Crippen LogP contribution in [0.5, 0.6) is 11.5 Å². The number of halogens is 2. The molecular formula is C28H26Cl2N6O3. The van der Waals surface area contributed by atoms with E-state index in [0.29, 0.717) is 38.8 Å². The zero-order valence-corrected chi connectivity index (χ0v) is 23.3. The molecule has 2 N–H and O–H groups in total. The molecule has 0 spiro atoms. The number of benzene rings is 3. The van der Waals surface area contributed by atoms with E-state index in [2.05, 4.69) is 26.2 Å². The Morgan fingerprint density at radius 1 is 1.05 bits per heavy atom. The maximum atomic E-state index is 13.7. The highest BCUT2D eigenvalue weighted by Gasteiger charge is 2.34. The molecule has 5 rings (SSSR count). The van der Waals surface area contributed by atoms with E-state index >= 15 is 0 Å². The average Bonchev–Trinajstić information content (AvgIpc) is 3.37. The summed E-state index contributed by atoms with van der Waals surface area (Å²) in [5.41, 5.74) is 5.45. The zero-order valence-electron chi connectivity index (χ0n) is 21.8. The van der Waals surface area contributed by atoms with Crippen molar-refractivity contribution in [3.63, 3.8) is 0 Å². The molecule has 1 aromatic heterocycles. The van der Waals surface area contributed by atoms with Crippen LogP contribution in [0.15, 0.2) is 65.9 Å². The largest absolute Gasteiger partial charge is 0.493 e. The third kappa shape index (κ3) is 5.41. The second kappa shape index (κ2) is 11.0. The molecule has 39 heavy (non-hydrogen) atoms. The fourth-order valence-electron chi connectivity index (χ4n) is 4.53. The first-order valence-corrected chi connectivity index (χ1v) is 12.9. The number of fused-ring (bicyclic) bond motifs is 1. The minimum atomic E-state index is -0.615. The SMILES string of the molecule is COc1cc(C2C(C(=O)Nc3ccc(C)cc3C)=C(C)Nc3nnnn32)ccc1OCc1ccc(Cl)cc1Cl. The van der Waals surface area contributed by atoms with Gasteiger partial charge in [-0.15, -0.1) is 0 Å². The van der Waals surface area contributed by atoms with Gasteiger partial charge in [0.25, 0.3) is 5.91 Å². The fourth-order valence-corrected chi connectivity index (χ4v) is 4.99. The average molecular weight is 565 g/mol. The maximum Gasteiger partial charge on any atom is 0.255 e. The molecule has 2 heterocycles. The fraction of sp³-hybridized carbons (Fsp3) is 0.214. The Morgan fingerprint density at radius 3 is 2.62 bits per heavy atom. The van der Waals surface area contributed by atoms with E-state index in [1.165, 1.54) is 0 Å². The van der Waals surface area contributed by atoms with E-state index in [0.717, 1.165) is 27.9 Å². The number of nitrogens with one attached hydrogen (secondary N) is 2. The number of hydrogen-bond donors (Lipinski definition) is 2. The summed E-state index contributed by atoms with van der Waals surface area (Å²) in [4.78, 5) is 13.7. The monoisotopic (exact) mass is 564 g/mol. The van der Waals surface area contributed by atoms with Crippen LogP contribution in [-0.4, -0.2) is 33.2 Å². The van der Waals surface area contributed by atoms with Crippen LogP contribution < -0.4 is 20.1 Å². The van der Waals surface area contributed by atoms with Crippen LogP contribution in [0.2, 0.25) is 10.0 Å². The molecule has 200 valence electrons. The summed E-state index contributed by atoms with van der Waals surface area (Å²) in [5.74, 6) is 1.16. The van der Waals surface area contributed by atoms with Crippen LogP contribution in [0.3, 0.4) is 0 Å². The molecule has 0 aliphatic carbocycles. The summed E-state index contributed by atoms with van der Waals surface area (Å²) in [6, 6.07) is 16.0. The molecule has 1 atom stereocenters. The lowest BCUT2D eigenvalue weighted by Gasteiger charge is -2.28. The number of amides is 1. The Balaban J connectivity index is 1.47. The predicted molar refractivity (Wildman–Crippen MR) is 151 cm³/mol. The van der Waals surface area contributed by atoms with Gasteiger partial charge in [-0.25, -0.2) is 0 Å². The number of anilines is 2. The van der Waals surface area contributed by atoms with Gasteiger partial charge in [0.05, 0.1) is 12.7 Å². The number of ether oxygens (including phenoxy) is 2. The highest BCUT2D eigenvalue weighted by Crippen LogP contribution is 2.39. The summed E-state index contributed by atoms with van der Waals surface area (Å²) in [6.45, 7) is 6.02.